The van der Waals surface area contributed by atoms with Crippen molar-refractivity contribution in [3.05, 3.63) is 81.4 Å². The van der Waals surface area contributed by atoms with E-state index in [1.165, 1.54) is 24.3 Å². The number of carbonyl (C=O) groups excluding carboxylic acids is 3. The summed E-state index contributed by atoms with van der Waals surface area (Å²) in [4.78, 5) is 53.2. The van der Waals surface area contributed by atoms with Crippen molar-refractivity contribution >= 4 is 40.3 Å². The molecule has 0 bridgehead atoms. The van der Waals surface area contributed by atoms with Crippen molar-refractivity contribution in [1.82, 2.24) is 5.32 Å². The Morgan fingerprint density at radius 3 is 2.11 bits per heavy atom. The van der Waals surface area contributed by atoms with Crippen LogP contribution >= 0.6 is 0 Å². The topological polar surface area (TPSA) is 165 Å². The van der Waals surface area contributed by atoms with Gasteiger partial charge in [-0.3, -0.25) is 24.7 Å². The van der Waals surface area contributed by atoms with E-state index in [0.29, 0.717) is 5.56 Å². The van der Waals surface area contributed by atoms with E-state index < -0.39 is 41.0 Å². The van der Waals surface area contributed by atoms with Gasteiger partial charge >= 0.3 is 12.1 Å². The van der Waals surface area contributed by atoms with Crippen molar-refractivity contribution in [1.29, 1.82) is 0 Å². The lowest BCUT2D eigenvalue weighted by molar-refractivity contribution is -0.137. The number of nitrogens with zero attached hydrogens (tertiary/aromatic N) is 1. The number of amidine groups is 1. The fourth-order valence-corrected chi connectivity index (χ4v) is 3.87. The molecule has 0 spiro atoms. The Bertz CT molecular complexity index is 1480. The minimum absolute atomic E-state index is 0.00618. The Balaban J connectivity index is 1.94. The molecule has 4 rings (SSSR count). The highest BCUT2D eigenvalue weighted by molar-refractivity contribution is 6.32. The van der Waals surface area contributed by atoms with Gasteiger partial charge < -0.3 is 16.6 Å². The molecule has 0 aromatic heterocycles. The number of hydrogen-bond donors (Lipinski definition) is 4. The summed E-state index contributed by atoms with van der Waals surface area (Å²) in [7, 11) is 0. The molecule has 3 amide bonds. The Morgan fingerprint density at radius 2 is 1.54 bits per heavy atom. The van der Waals surface area contributed by atoms with Crippen LogP contribution in [0.25, 0.3) is 10.8 Å². The number of halogens is 3. The van der Waals surface area contributed by atoms with Crippen LogP contribution in [0.15, 0.2) is 47.5 Å². The molecule has 178 valence electrons. The second kappa shape index (κ2) is 8.24. The van der Waals surface area contributed by atoms with Crippen LogP contribution in [0.2, 0.25) is 0 Å². The fraction of sp³-hybridized carbons (Fsp3) is 0.0870. The quantitative estimate of drug-likeness (QED) is 0.247. The molecule has 0 atom stereocenters. The normalized spacial score (nSPS) is 13.6. The number of primary amides is 1. The molecule has 1 heterocycles. The number of amides is 3. The Hall–Kier alpha value is -4.74. The van der Waals surface area contributed by atoms with E-state index in [1.807, 2.05) is 0 Å². The van der Waals surface area contributed by atoms with Gasteiger partial charge in [0.2, 0.25) is 5.91 Å². The van der Waals surface area contributed by atoms with Crippen LogP contribution in [0.3, 0.4) is 0 Å². The third-order valence-electron chi connectivity index (χ3n) is 5.46. The third kappa shape index (κ3) is 4.05. The predicted molar refractivity (Wildman–Crippen MR) is 117 cm³/mol. The second-order valence-electron chi connectivity index (χ2n) is 7.61. The zero-order chi connectivity index (χ0) is 25.7. The Kier molecular flexibility index (Phi) is 5.51. The third-order valence-corrected chi connectivity index (χ3v) is 5.46. The molecule has 0 radical (unpaired) electrons. The lowest BCUT2D eigenvalue weighted by atomic mass is 9.86. The van der Waals surface area contributed by atoms with E-state index in [0.717, 1.165) is 18.2 Å². The first-order valence-corrected chi connectivity index (χ1v) is 9.89. The van der Waals surface area contributed by atoms with Crippen molar-refractivity contribution in [3.8, 4) is 0 Å². The highest BCUT2D eigenvalue weighted by Gasteiger charge is 2.32. The number of nitrogens with two attached hydrogens (primary N) is 2. The number of aromatic carboxylic acids is 1. The fourth-order valence-electron chi connectivity index (χ4n) is 3.87. The van der Waals surface area contributed by atoms with Crippen molar-refractivity contribution in [2.45, 2.75) is 12.7 Å². The van der Waals surface area contributed by atoms with Crippen LogP contribution < -0.4 is 16.8 Å². The van der Waals surface area contributed by atoms with Crippen LogP contribution in [-0.2, 0) is 12.7 Å². The molecule has 35 heavy (non-hydrogen) atoms. The number of alkyl halides is 3. The maximum Gasteiger partial charge on any atom is 0.416 e. The SMILES string of the molecule is NC(=O)c1ccc2c3c(cc(C(=O)O)c(C(N)=NCc4ccc(C(F)(F)F)cc4)c13)C(=O)NC2=O. The zero-order valence-electron chi connectivity index (χ0n) is 17.6. The summed E-state index contributed by atoms with van der Waals surface area (Å²) in [5, 5.41) is 11.8. The van der Waals surface area contributed by atoms with Gasteiger partial charge in [0.1, 0.15) is 5.84 Å². The molecule has 0 aliphatic carbocycles. The number of imide groups is 1. The van der Waals surface area contributed by atoms with Gasteiger partial charge in [0, 0.05) is 33.0 Å². The van der Waals surface area contributed by atoms with Crippen molar-refractivity contribution in [3.63, 3.8) is 0 Å². The monoisotopic (exact) mass is 484 g/mol. The van der Waals surface area contributed by atoms with E-state index in [4.69, 9.17) is 11.5 Å². The first kappa shape index (κ1) is 23.4. The highest BCUT2D eigenvalue weighted by Crippen LogP contribution is 2.34. The number of rotatable bonds is 5. The molecule has 0 saturated heterocycles. The van der Waals surface area contributed by atoms with Gasteiger partial charge in [0.25, 0.3) is 11.8 Å². The molecule has 0 fully saturated rings. The molecule has 1 aliphatic heterocycles. The number of aliphatic imine (C=N–C) groups is 1. The van der Waals surface area contributed by atoms with Crippen LogP contribution in [0.4, 0.5) is 13.2 Å². The molecule has 3 aromatic rings. The van der Waals surface area contributed by atoms with Crippen molar-refractivity contribution < 1.29 is 37.5 Å². The molecule has 0 saturated carbocycles. The number of benzene rings is 3. The summed E-state index contributed by atoms with van der Waals surface area (Å²) >= 11 is 0. The summed E-state index contributed by atoms with van der Waals surface area (Å²) in [6, 6.07) is 7.59. The van der Waals surface area contributed by atoms with Gasteiger partial charge in [-0.25, -0.2) is 4.79 Å². The number of hydrogen-bond acceptors (Lipinski definition) is 5. The van der Waals surface area contributed by atoms with Gasteiger partial charge in [-0.2, -0.15) is 13.2 Å². The van der Waals surface area contributed by atoms with Crippen LogP contribution in [0.5, 0.6) is 0 Å². The van der Waals surface area contributed by atoms with Gasteiger partial charge in [-0.05, 0) is 35.9 Å². The maximum absolute atomic E-state index is 12.8. The summed E-state index contributed by atoms with van der Waals surface area (Å²) in [5.41, 5.74) is 9.96. The molecule has 6 N–H and O–H groups in total. The van der Waals surface area contributed by atoms with Gasteiger partial charge in [-0.1, -0.05) is 12.1 Å². The van der Waals surface area contributed by atoms with Gasteiger partial charge in [0.05, 0.1) is 17.7 Å². The second-order valence-corrected chi connectivity index (χ2v) is 7.61. The smallest absolute Gasteiger partial charge is 0.416 e. The molecular formula is C23H15F3N4O5. The number of carboxylic acids is 1. The molecule has 9 nitrogen and oxygen atoms in total. The molecular weight excluding hydrogens is 469 g/mol. The molecule has 3 aromatic carbocycles. The Morgan fingerprint density at radius 1 is 0.914 bits per heavy atom. The zero-order valence-corrected chi connectivity index (χ0v) is 17.6. The summed E-state index contributed by atoms with van der Waals surface area (Å²) in [6.45, 7) is -0.225. The average Bonchev–Trinajstić information content (AvgIpc) is 2.79. The summed E-state index contributed by atoms with van der Waals surface area (Å²) in [6.07, 6.45) is -4.52. The number of carbonyl (C=O) groups is 4. The maximum atomic E-state index is 12.8. The predicted octanol–water partition coefficient (Wildman–Crippen LogP) is 2.44. The largest absolute Gasteiger partial charge is 0.478 e. The minimum Gasteiger partial charge on any atom is -0.478 e. The van der Waals surface area contributed by atoms with E-state index in [9.17, 15) is 37.5 Å². The van der Waals surface area contributed by atoms with Crippen LogP contribution in [-0.4, -0.2) is 34.6 Å². The molecule has 12 heteroatoms. The van der Waals surface area contributed by atoms with Gasteiger partial charge in [0.15, 0.2) is 0 Å². The average molecular weight is 484 g/mol. The van der Waals surface area contributed by atoms with Crippen molar-refractivity contribution in [2.24, 2.45) is 16.5 Å². The standard InChI is InChI=1S/C23H15F3N4O5/c24-23(25,26)10-3-1-9(2-4-10)8-29-18(27)17-14(22(34)35)7-13-15-12(20(32)30-21(13)33)6-5-11(16(15)17)19(28)31/h1-7H,8H2,(H2,27,29)(H2,28,31)(H,34,35)(H,30,32,33). The van der Waals surface area contributed by atoms with Crippen molar-refractivity contribution in [2.75, 3.05) is 0 Å². The van der Waals surface area contributed by atoms with E-state index in [1.54, 1.807) is 0 Å². The van der Waals surface area contributed by atoms with Crippen LogP contribution in [0.1, 0.15) is 58.1 Å². The van der Waals surface area contributed by atoms with E-state index >= 15 is 0 Å². The number of carboxylic acid groups (broad SMARTS) is 1. The Labute approximate surface area is 194 Å². The lowest BCUT2D eigenvalue weighted by Gasteiger charge is -2.21. The highest BCUT2D eigenvalue weighted by atomic mass is 19.4. The number of nitrogens with one attached hydrogen (secondary N) is 1. The van der Waals surface area contributed by atoms with E-state index in [-0.39, 0.29) is 45.4 Å². The summed E-state index contributed by atoms with van der Waals surface area (Å²) in [5.74, 6) is -4.50. The van der Waals surface area contributed by atoms with E-state index in [2.05, 4.69) is 10.3 Å². The first-order valence-electron chi connectivity index (χ1n) is 9.89. The van der Waals surface area contributed by atoms with Crippen LogP contribution in [0, 0.1) is 0 Å². The lowest BCUT2D eigenvalue weighted by Crippen LogP contribution is -2.36. The molecule has 0 unspecified atom stereocenters. The summed E-state index contributed by atoms with van der Waals surface area (Å²) < 4.78 is 38.4. The minimum atomic E-state index is -4.52. The van der Waals surface area contributed by atoms with Gasteiger partial charge in [-0.15, -0.1) is 0 Å². The first-order chi connectivity index (χ1) is 16.4. The molecule has 1 aliphatic rings.